The third kappa shape index (κ3) is 3.56. The van der Waals surface area contributed by atoms with Crippen molar-refractivity contribution in [3.05, 3.63) is 69.8 Å². The van der Waals surface area contributed by atoms with Crippen LogP contribution in [0.4, 0.5) is 0 Å². The predicted octanol–water partition coefficient (Wildman–Crippen LogP) is 4.80. The Morgan fingerprint density at radius 1 is 0.955 bits per heavy atom. The fourth-order valence-corrected chi connectivity index (χ4v) is 2.83. The predicted molar refractivity (Wildman–Crippen MR) is 92.3 cm³/mol. The van der Waals surface area contributed by atoms with E-state index < -0.39 is 0 Å². The smallest absolute Gasteiger partial charge is 0.252 e. The molecule has 0 fully saturated rings. The number of hydrogen-bond donors (Lipinski definition) is 1. The Morgan fingerprint density at radius 2 is 1.59 bits per heavy atom. The second-order valence-corrected chi connectivity index (χ2v) is 6.11. The maximum Gasteiger partial charge on any atom is 0.252 e. The van der Waals surface area contributed by atoms with Crippen LogP contribution in [0.2, 0.25) is 0 Å². The molecule has 0 radical (unpaired) electrons. The monoisotopic (exact) mass is 295 g/mol. The summed E-state index contributed by atoms with van der Waals surface area (Å²) in [6.07, 6.45) is 0.876. The normalized spacial score (nSPS) is 12.0. The molecule has 0 spiro atoms. The molecule has 2 aromatic carbocycles. The number of aryl methyl sites for hydroxylation is 4. The topological polar surface area (TPSA) is 29.1 Å². The van der Waals surface area contributed by atoms with Crippen LogP contribution < -0.4 is 5.32 Å². The van der Waals surface area contributed by atoms with E-state index in [0.717, 1.165) is 23.1 Å². The highest BCUT2D eigenvalue weighted by molar-refractivity contribution is 5.96. The van der Waals surface area contributed by atoms with Crippen LogP contribution in [0.3, 0.4) is 0 Å². The average Bonchev–Trinajstić information content (AvgIpc) is 2.47. The van der Waals surface area contributed by atoms with Gasteiger partial charge in [0.25, 0.3) is 5.91 Å². The first-order chi connectivity index (χ1) is 10.4. The molecule has 0 aliphatic heterocycles. The van der Waals surface area contributed by atoms with E-state index in [-0.39, 0.29) is 11.9 Å². The summed E-state index contributed by atoms with van der Waals surface area (Å²) in [4.78, 5) is 12.6. The van der Waals surface area contributed by atoms with Crippen molar-refractivity contribution in [2.75, 3.05) is 0 Å². The Balaban J connectivity index is 2.26. The van der Waals surface area contributed by atoms with Crippen LogP contribution in [0.15, 0.2) is 36.4 Å². The largest absolute Gasteiger partial charge is 0.345 e. The number of benzene rings is 2. The number of carbonyl (C=O) groups is 1. The molecule has 0 bridgehead atoms. The highest BCUT2D eigenvalue weighted by atomic mass is 16.1. The summed E-state index contributed by atoms with van der Waals surface area (Å²) < 4.78 is 0. The Kier molecular flexibility index (Phi) is 5.02. The van der Waals surface area contributed by atoms with E-state index in [9.17, 15) is 4.79 Å². The first-order valence-corrected chi connectivity index (χ1v) is 7.87. The lowest BCUT2D eigenvalue weighted by Gasteiger charge is -2.20. The Bertz CT molecular complexity index is 688. The van der Waals surface area contributed by atoms with Gasteiger partial charge >= 0.3 is 0 Å². The molecule has 0 aliphatic carbocycles. The zero-order valence-corrected chi connectivity index (χ0v) is 14.2. The average molecular weight is 295 g/mol. The van der Waals surface area contributed by atoms with Gasteiger partial charge in [0.05, 0.1) is 6.04 Å². The van der Waals surface area contributed by atoms with Crippen LogP contribution in [-0.2, 0) is 0 Å². The van der Waals surface area contributed by atoms with Gasteiger partial charge in [-0.15, -0.1) is 0 Å². The van der Waals surface area contributed by atoms with Crippen molar-refractivity contribution in [3.8, 4) is 0 Å². The van der Waals surface area contributed by atoms with Crippen LogP contribution >= 0.6 is 0 Å². The fraction of sp³-hybridized carbons (Fsp3) is 0.350. The van der Waals surface area contributed by atoms with Crippen molar-refractivity contribution < 1.29 is 4.79 Å². The van der Waals surface area contributed by atoms with Crippen molar-refractivity contribution in [1.82, 2.24) is 5.32 Å². The van der Waals surface area contributed by atoms with Gasteiger partial charge in [-0.3, -0.25) is 4.79 Å². The minimum absolute atomic E-state index is 0.00743. The lowest BCUT2D eigenvalue weighted by molar-refractivity contribution is 0.0935. The second kappa shape index (κ2) is 6.78. The molecule has 0 saturated carbocycles. The number of carbonyl (C=O) groups excluding carboxylic acids is 1. The molecular formula is C20H25NO. The molecule has 2 nitrogen and oxygen atoms in total. The van der Waals surface area contributed by atoms with Crippen LogP contribution in [0.1, 0.15) is 57.6 Å². The van der Waals surface area contributed by atoms with Crippen LogP contribution in [0, 0.1) is 27.7 Å². The summed E-state index contributed by atoms with van der Waals surface area (Å²) in [7, 11) is 0. The van der Waals surface area contributed by atoms with Crippen molar-refractivity contribution in [2.24, 2.45) is 0 Å². The van der Waals surface area contributed by atoms with E-state index in [1.807, 2.05) is 32.0 Å². The second-order valence-electron chi connectivity index (χ2n) is 6.11. The van der Waals surface area contributed by atoms with Gasteiger partial charge in [-0.25, -0.2) is 0 Å². The Morgan fingerprint density at radius 3 is 2.23 bits per heavy atom. The summed E-state index contributed by atoms with van der Waals surface area (Å²) in [5.74, 6) is 0.00743. The third-order valence-electron chi connectivity index (χ3n) is 4.15. The molecule has 22 heavy (non-hydrogen) atoms. The molecule has 0 saturated heterocycles. The number of amides is 1. The Labute approximate surface area is 133 Å². The maximum atomic E-state index is 12.6. The van der Waals surface area contributed by atoms with E-state index in [1.165, 1.54) is 16.7 Å². The highest BCUT2D eigenvalue weighted by Gasteiger charge is 2.17. The molecule has 1 atom stereocenters. The van der Waals surface area contributed by atoms with Crippen molar-refractivity contribution >= 4 is 5.91 Å². The van der Waals surface area contributed by atoms with Gasteiger partial charge in [0.2, 0.25) is 0 Å². The minimum atomic E-state index is 0.00743. The van der Waals surface area contributed by atoms with Crippen molar-refractivity contribution in [3.63, 3.8) is 0 Å². The van der Waals surface area contributed by atoms with Gasteiger partial charge in [0.15, 0.2) is 0 Å². The molecular weight excluding hydrogens is 270 g/mol. The molecule has 2 aromatic rings. The maximum absolute atomic E-state index is 12.6. The van der Waals surface area contributed by atoms with Gasteiger partial charge in [-0.2, -0.15) is 0 Å². The first-order valence-electron chi connectivity index (χ1n) is 7.87. The molecule has 2 heteroatoms. The zero-order valence-electron chi connectivity index (χ0n) is 14.2. The summed E-state index contributed by atoms with van der Waals surface area (Å²) in [5, 5.41) is 3.19. The molecule has 0 heterocycles. The molecule has 116 valence electrons. The summed E-state index contributed by atoms with van der Waals surface area (Å²) in [5.41, 5.74) is 6.56. The van der Waals surface area contributed by atoms with Crippen LogP contribution in [-0.4, -0.2) is 5.91 Å². The van der Waals surface area contributed by atoms with E-state index in [1.54, 1.807) is 0 Å². The van der Waals surface area contributed by atoms with Gasteiger partial charge in [0, 0.05) is 5.56 Å². The van der Waals surface area contributed by atoms with Crippen molar-refractivity contribution in [2.45, 2.75) is 47.1 Å². The van der Waals surface area contributed by atoms with Gasteiger partial charge in [0.1, 0.15) is 0 Å². The number of hydrogen-bond acceptors (Lipinski definition) is 1. The van der Waals surface area contributed by atoms with E-state index in [2.05, 4.69) is 44.3 Å². The van der Waals surface area contributed by atoms with E-state index >= 15 is 0 Å². The minimum Gasteiger partial charge on any atom is -0.345 e. The highest BCUT2D eigenvalue weighted by Crippen LogP contribution is 2.22. The Hall–Kier alpha value is -2.09. The van der Waals surface area contributed by atoms with Crippen LogP contribution in [0.5, 0.6) is 0 Å². The molecule has 1 N–H and O–H groups in total. The fourth-order valence-electron chi connectivity index (χ4n) is 2.83. The molecule has 1 amide bonds. The number of nitrogens with one attached hydrogen (secondary N) is 1. The number of rotatable bonds is 4. The lowest BCUT2D eigenvalue weighted by Crippen LogP contribution is -2.29. The molecule has 0 aromatic heterocycles. The van der Waals surface area contributed by atoms with Gasteiger partial charge < -0.3 is 5.32 Å². The quantitative estimate of drug-likeness (QED) is 0.862. The van der Waals surface area contributed by atoms with E-state index in [0.29, 0.717) is 0 Å². The van der Waals surface area contributed by atoms with E-state index in [4.69, 9.17) is 0 Å². The molecule has 0 unspecified atom stereocenters. The lowest BCUT2D eigenvalue weighted by atomic mass is 9.96. The molecule has 0 aliphatic rings. The summed E-state index contributed by atoms with van der Waals surface area (Å²) in [6, 6.07) is 12.4. The zero-order chi connectivity index (χ0) is 16.3. The van der Waals surface area contributed by atoms with Crippen LogP contribution in [0.25, 0.3) is 0 Å². The molecule has 2 rings (SSSR count). The third-order valence-corrected chi connectivity index (χ3v) is 4.15. The SMILES string of the molecule is CC[C@H](NC(=O)c1cc(C)ccc1C)c1ccc(C)cc1C. The summed E-state index contributed by atoms with van der Waals surface area (Å²) >= 11 is 0. The van der Waals surface area contributed by atoms with Gasteiger partial charge in [-0.05, 0) is 56.9 Å². The standard InChI is InChI=1S/C20H25NO/c1-6-19(17-10-8-13(2)11-16(17)5)21-20(22)18-12-14(3)7-9-15(18)4/h7-12,19H,6H2,1-5H3,(H,21,22)/t19-/m0/s1. The van der Waals surface area contributed by atoms with Gasteiger partial charge in [-0.1, -0.05) is 48.4 Å². The summed E-state index contributed by atoms with van der Waals surface area (Å²) in [6.45, 7) is 10.3. The first kappa shape index (κ1) is 16.3. The van der Waals surface area contributed by atoms with Crippen molar-refractivity contribution in [1.29, 1.82) is 0 Å².